The summed E-state index contributed by atoms with van der Waals surface area (Å²) in [5.74, 6) is 1.32. The predicted octanol–water partition coefficient (Wildman–Crippen LogP) is 2.61. The van der Waals surface area contributed by atoms with Crippen LogP contribution in [0, 0.1) is 5.92 Å². The quantitative estimate of drug-likeness (QED) is 0.462. The topological polar surface area (TPSA) is 12.5 Å². The van der Waals surface area contributed by atoms with E-state index >= 15 is 0 Å². The molecule has 0 saturated heterocycles. The van der Waals surface area contributed by atoms with Gasteiger partial charge in [-0.3, -0.25) is 4.90 Å². The van der Waals surface area contributed by atoms with Crippen LogP contribution in [0.5, 0.6) is 0 Å². The first-order chi connectivity index (χ1) is 6.57. The van der Waals surface area contributed by atoms with Gasteiger partial charge in [-0.25, -0.2) is 0 Å². The zero-order valence-corrected chi connectivity index (χ0v) is 10.7. The Balaban J connectivity index is 3.50. The van der Waals surface area contributed by atoms with Crippen LogP contribution in [0.3, 0.4) is 0 Å². The number of ether oxygens (including phenoxy) is 1. The molecular formula is C11H24ClNO. The van der Waals surface area contributed by atoms with Gasteiger partial charge in [0.15, 0.2) is 0 Å². The van der Waals surface area contributed by atoms with Gasteiger partial charge in [0.1, 0.15) is 0 Å². The summed E-state index contributed by atoms with van der Waals surface area (Å²) in [4.78, 5) is 2.34. The molecule has 0 N–H and O–H groups in total. The van der Waals surface area contributed by atoms with Crippen molar-refractivity contribution in [2.45, 2.75) is 33.7 Å². The van der Waals surface area contributed by atoms with E-state index in [9.17, 15) is 0 Å². The Morgan fingerprint density at radius 1 is 1.14 bits per heavy atom. The maximum atomic E-state index is 5.72. The molecule has 0 aliphatic rings. The summed E-state index contributed by atoms with van der Waals surface area (Å²) in [5, 5.41) is 0. The van der Waals surface area contributed by atoms with E-state index in [1.807, 2.05) is 0 Å². The van der Waals surface area contributed by atoms with Crippen LogP contribution in [0.1, 0.15) is 27.7 Å². The van der Waals surface area contributed by atoms with Gasteiger partial charge in [0, 0.05) is 31.6 Å². The van der Waals surface area contributed by atoms with Gasteiger partial charge in [0.2, 0.25) is 0 Å². The van der Waals surface area contributed by atoms with Crippen molar-refractivity contribution < 1.29 is 4.74 Å². The van der Waals surface area contributed by atoms with E-state index < -0.39 is 0 Å². The van der Waals surface area contributed by atoms with E-state index in [-0.39, 0.29) is 0 Å². The van der Waals surface area contributed by atoms with E-state index in [1.54, 1.807) is 0 Å². The van der Waals surface area contributed by atoms with Crippen LogP contribution < -0.4 is 0 Å². The van der Waals surface area contributed by atoms with Crippen LogP contribution in [-0.2, 0) is 4.74 Å². The molecule has 14 heavy (non-hydrogen) atoms. The molecule has 0 atom stereocenters. The van der Waals surface area contributed by atoms with Crippen molar-refractivity contribution in [2.24, 2.45) is 5.92 Å². The Morgan fingerprint density at radius 2 is 1.79 bits per heavy atom. The van der Waals surface area contributed by atoms with Crippen molar-refractivity contribution in [1.82, 2.24) is 4.90 Å². The number of rotatable bonds is 8. The third-order valence-corrected chi connectivity index (χ3v) is 2.25. The Kier molecular flexibility index (Phi) is 8.64. The molecule has 0 spiro atoms. The van der Waals surface area contributed by atoms with Gasteiger partial charge < -0.3 is 4.74 Å². The lowest BCUT2D eigenvalue weighted by molar-refractivity contribution is 0.0788. The third-order valence-electron chi connectivity index (χ3n) is 2.08. The highest BCUT2D eigenvalue weighted by Gasteiger charge is 2.07. The first kappa shape index (κ1) is 14.2. The molecule has 3 heteroatoms. The molecule has 2 nitrogen and oxygen atoms in total. The van der Waals surface area contributed by atoms with E-state index in [2.05, 4.69) is 32.6 Å². The molecule has 0 saturated carbocycles. The van der Waals surface area contributed by atoms with Gasteiger partial charge in [-0.1, -0.05) is 13.8 Å². The summed E-state index contributed by atoms with van der Waals surface area (Å²) in [6.45, 7) is 12.3. The molecule has 0 unspecified atom stereocenters. The zero-order valence-electron chi connectivity index (χ0n) is 9.92. The van der Waals surface area contributed by atoms with Crippen molar-refractivity contribution >= 4 is 11.6 Å². The second-order valence-corrected chi connectivity index (χ2v) is 4.67. The number of halogens is 1. The van der Waals surface area contributed by atoms with Crippen molar-refractivity contribution in [3.63, 3.8) is 0 Å². The van der Waals surface area contributed by atoms with Crippen LogP contribution in [0.15, 0.2) is 0 Å². The predicted molar refractivity (Wildman–Crippen MR) is 63.1 cm³/mol. The Hall–Kier alpha value is 0.210. The number of hydrogen-bond acceptors (Lipinski definition) is 2. The molecule has 0 amide bonds. The molecule has 0 aromatic carbocycles. The lowest BCUT2D eigenvalue weighted by Gasteiger charge is -2.25. The smallest absolute Gasteiger partial charge is 0.0593 e. The summed E-state index contributed by atoms with van der Waals surface area (Å²) in [5.41, 5.74) is 0. The van der Waals surface area contributed by atoms with Crippen LogP contribution in [0.4, 0.5) is 0 Å². The van der Waals surface area contributed by atoms with E-state index in [1.165, 1.54) is 0 Å². The van der Waals surface area contributed by atoms with Crippen LogP contribution in [0.2, 0.25) is 0 Å². The maximum absolute atomic E-state index is 5.72. The highest BCUT2D eigenvalue weighted by molar-refractivity contribution is 6.18. The average molecular weight is 222 g/mol. The molecular weight excluding hydrogens is 198 g/mol. The van der Waals surface area contributed by atoms with Gasteiger partial charge in [-0.15, -0.1) is 11.6 Å². The van der Waals surface area contributed by atoms with Crippen LogP contribution in [-0.4, -0.2) is 43.1 Å². The number of hydrogen-bond donors (Lipinski definition) is 0. The summed E-state index contributed by atoms with van der Waals surface area (Å²) >= 11 is 5.72. The SMILES string of the molecule is CC(C)COCCN(CCCl)C(C)C. The van der Waals surface area contributed by atoms with Gasteiger partial charge in [-0.05, 0) is 19.8 Å². The molecule has 86 valence electrons. The number of alkyl halides is 1. The monoisotopic (exact) mass is 221 g/mol. The van der Waals surface area contributed by atoms with Crippen molar-refractivity contribution in [2.75, 3.05) is 32.2 Å². The van der Waals surface area contributed by atoms with E-state index in [0.29, 0.717) is 17.8 Å². The van der Waals surface area contributed by atoms with E-state index in [4.69, 9.17) is 16.3 Å². The summed E-state index contributed by atoms with van der Waals surface area (Å²) < 4.78 is 5.54. The van der Waals surface area contributed by atoms with Crippen molar-refractivity contribution in [1.29, 1.82) is 0 Å². The van der Waals surface area contributed by atoms with Crippen LogP contribution >= 0.6 is 11.6 Å². The van der Waals surface area contributed by atoms with Gasteiger partial charge in [0.05, 0.1) is 6.61 Å². The van der Waals surface area contributed by atoms with Crippen molar-refractivity contribution in [3.05, 3.63) is 0 Å². The van der Waals surface area contributed by atoms with Crippen molar-refractivity contribution in [3.8, 4) is 0 Å². The highest BCUT2D eigenvalue weighted by Crippen LogP contribution is 1.99. The zero-order chi connectivity index (χ0) is 11.0. The summed E-state index contributed by atoms with van der Waals surface area (Å²) in [6, 6.07) is 0.552. The molecule has 0 fully saturated rings. The molecule has 0 aromatic heterocycles. The van der Waals surface area contributed by atoms with Crippen LogP contribution in [0.25, 0.3) is 0 Å². The first-order valence-corrected chi connectivity index (χ1v) is 5.99. The van der Waals surface area contributed by atoms with Gasteiger partial charge in [-0.2, -0.15) is 0 Å². The molecule has 0 heterocycles. The minimum atomic E-state index is 0.552. The lowest BCUT2D eigenvalue weighted by atomic mass is 10.2. The molecule has 0 rings (SSSR count). The fraction of sp³-hybridized carbons (Fsp3) is 1.00. The molecule has 0 aliphatic heterocycles. The Labute approximate surface area is 93.6 Å². The Morgan fingerprint density at radius 3 is 2.21 bits per heavy atom. The fourth-order valence-corrected chi connectivity index (χ4v) is 1.45. The maximum Gasteiger partial charge on any atom is 0.0593 e. The summed E-state index contributed by atoms with van der Waals surface area (Å²) in [6.07, 6.45) is 0. The molecule has 0 bridgehead atoms. The van der Waals surface area contributed by atoms with Gasteiger partial charge in [0.25, 0.3) is 0 Å². The minimum Gasteiger partial charge on any atom is -0.380 e. The average Bonchev–Trinajstić information content (AvgIpc) is 2.09. The fourth-order valence-electron chi connectivity index (χ4n) is 1.24. The van der Waals surface area contributed by atoms with E-state index in [0.717, 1.165) is 26.3 Å². The Bertz CT molecular complexity index is 128. The van der Waals surface area contributed by atoms with Gasteiger partial charge >= 0.3 is 0 Å². The second kappa shape index (κ2) is 8.51. The second-order valence-electron chi connectivity index (χ2n) is 4.29. The third kappa shape index (κ3) is 7.60. The highest BCUT2D eigenvalue weighted by atomic mass is 35.5. The normalized spacial score (nSPS) is 12.0. The largest absolute Gasteiger partial charge is 0.380 e. The first-order valence-electron chi connectivity index (χ1n) is 5.45. The molecule has 0 aromatic rings. The standard InChI is InChI=1S/C11H24ClNO/c1-10(2)9-14-8-7-13(6-5-12)11(3)4/h10-11H,5-9H2,1-4H3. The molecule has 0 radical (unpaired) electrons. The number of nitrogens with zero attached hydrogens (tertiary/aromatic N) is 1. The summed E-state index contributed by atoms with van der Waals surface area (Å²) in [7, 11) is 0. The molecule has 0 aliphatic carbocycles. The lowest BCUT2D eigenvalue weighted by Crippen LogP contribution is -2.35. The minimum absolute atomic E-state index is 0.552.